The largest absolute Gasteiger partial charge is 0.496 e. The van der Waals surface area contributed by atoms with Gasteiger partial charge in [-0.25, -0.2) is 0 Å². The lowest BCUT2D eigenvalue weighted by Gasteiger charge is -2.21. The molecule has 0 aromatic heterocycles. The molecule has 0 aliphatic carbocycles. The summed E-state index contributed by atoms with van der Waals surface area (Å²) < 4.78 is 6.06. The Morgan fingerprint density at radius 1 is 1.03 bits per heavy atom. The highest BCUT2D eigenvalue weighted by molar-refractivity contribution is 9.10. The van der Waals surface area contributed by atoms with Crippen molar-refractivity contribution in [3.63, 3.8) is 0 Å². The monoisotopic (exact) mass is 466 g/mol. The van der Waals surface area contributed by atoms with Crippen LogP contribution in [0.1, 0.15) is 36.5 Å². The molecule has 0 atom stereocenters. The van der Waals surface area contributed by atoms with Crippen LogP contribution < -0.4 is 10.1 Å². The van der Waals surface area contributed by atoms with Crippen LogP contribution in [0.2, 0.25) is 0 Å². The third-order valence-corrected chi connectivity index (χ3v) is 6.05. The van der Waals surface area contributed by atoms with Crippen LogP contribution in [-0.2, 0) is 9.59 Å². The maximum Gasteiger partial charge on any atom is 0.261 e. The molecule has 154 valence electrons. The number of hydrogen-bond donors (Lipinski definition) is 1. The van der Waals surface area contributed by atoms with Gasteiger partial charge in [0.25, 0.3) is 11.8 Å². The summed E-state index contributed by atoms with van der Waals surface area (Å²) in [7, 11) is 1.60. The summed E-state index contributed by atoms with van der Waals surface area (Å²) in [5, 5.41) is 2.93. The van der Waals surface area contributed by atoms with Gasteiger partial charge in [-0.1, -0.05) is 43.2 Å². The molecule has 2 aromatic carbocycles. The number of hydrogen-bond acceptors (Lipinski definition) is 3. The van der Waals surface area contributed by atoms with E-state index >= 15 is 0 Å². The number of rotatable bonds is 6. The van der Waals surface area contributed by atoms with E-state index in [0.29, 0.717) is 34.8 Å². The third kappa shape index (κ3) is 3.35. The second kappa shape index (κ2) is 8.11. The number of amides is 2. The van der Waals surface area contributed by atoms with Gasteiger partial charge in [-0.15, -0.1) is 0 Å². The Balaban J connectivity index is 1.90. The van der Waals surface area contributed by atoms with Crippen molar-refractivity contribution in [2.45, 2.75) is 26.7 Å². The Kier molecular flexibility index (Phi) is 5.52. The Hall–Kier alpha value is -2.86. The number of fused-ring (bicyclic) bond motifs is 1. The summed E-state index contributed by atoms with van der Waals surface area (Å²) >= 11 is 3.49. The predicted octanol–water partition coefficient (Wildman–Crippen LogP) is 4.66. The van der Waals surface area contributed by atoms with E-state index in [-0.39, 0.29) is 11.8 Å². The fourth-order valence-corrected chi connectivity index (χ4v) is 4.41. The second-order valence-corrected chi connectivity index (χ2v) is 8.31. The lowest BCUT2D eigenvalue weighted by Crippen LogP contribution is -2.28. The Morgan fingerprint density at radius 2 is 1.73 bits per heavy atom. The minimum atomic E-state index is -0.241. The van der Waals surface area contributed by atoms with E-state index in [9.17, 15) is 9.59 Å². The molecule has 0 radical (unpaired) electrons. The van der Waals surface area contributed by atoms with Gasteiger partial charge in [-0.3, -0.25) is 9.59 Å². The number of unbranched alkanes of at least 4 members (excludes halogenated alkanes) is 1. The van der Waals surface area contributed by atoms with Crippen molar-refractivity contribution in [1.82, 2.24) is 10.2 Å². The van der Waals surface area contributed by atoms with E-state index in [1.54, 1.807) is 12.0 Å². The van der Waals surface area contributed by atoms with Gasteiger partial charge in [0.2, 0.25) is 0 Å². The van der Waals surface area contributed by atoms with Crippen molar-refractivity contribution in [1.29, 1.82) is 0 Å². The summed E-state index contributed by atoms with van der Waals surface area (Å²) in [5.41, 5.74) is 4.92. The molecule has 0 saturated heterocycles. The molecule has 2 heterocycles. The van der Waals surface area contributed by atoms with Crippen LogP contribution in [0.5, 0.6) is 5.75 Å². The Bertz CT molecular complexity index is 1100. The van der Waals surface area contributed by atoms with Gasteiger partial charge in [-0.05, 0) is 53.0 Å². The number of ether oxygens (including phenoxy) is 1. The molecule has 0 saturated carbocycles. The summed E-state index contributed by atoms with van der Waals surface area (Å²) in [6.45, 7) is 4.69. The molecule has 2 aliphatic heterocycles. The van der Waals surface area contributed by atoms with Crippen molar-refractivity contribution < 1.29 is 14.3 Å². The predicted molar refractivity (Wildman–Crippen MR) is 120 cm³/mol. The standard InChI is InChI=1S/C24H23BrN2O3/c1-4-5-12-27-22(15-8-6-14(2)7-9-15)20-19(24(27)29)21(26-23(20)28)16-10-11-18(30-3)17(25)13-16/h6-11,13H,4-5,12H2,1-3H3,(H,26,28). The van der Waals surface area contributed by atoms with Crippen LogP contribution in [0.25, 0.3) is 11.4 Å². The van der Waals surface area contributed by atoms with E-state index in [2.05, 4.69) is 28.2 Å². The number of methoxy groups -OCH3 is 1. The maximum absolute atomic E-state index is 13.5. The van der Waals surface area contributed by atoms with Crippen molar-refractivity contribution in [3.05, 3.63) is 74.8 Å². The molecule has 0 bridgehead atoms. The summed E-state index contributed by atoms with van der Waals surface area (Å²) in [6, 6.07) is 13.5. The van der Waals surface area contributed by atoms with Gasteiger partial charge in [-0.2, -0.15) is 0 Å². The number of aryl methyl sites for hydroxylation is 1. The first-order valence-corrected chi connectivity index (χ1v) is 10.8. The van der Waals surface area contributed by atoms with E-state index in [1.165, 1.54) is 0 Å². The molecule has 4 rings (SSSR count). The van der Waals surface area contributed by atoms with Crippen molar-refractivity contribution >= 4 is 39.1 Å². The van der Waals surface area contributed by atoms with Gasteiger partial charge in [0.1, 0.15) is 5.75 Å². The van der Waals surface area contributed by atoms with E-state index in [1.807, 2.05) is 49.4 Å². The van der Waals surface area contributed by atoms with Crippen LogP contribution in [0, 0.1) is 6.92 Å². The average Bonchev–Trinajstić information content (AvgIpc) is 3.22. The van der Waals surface area contributed by atoms with Crippen LogP contribution in [0.3, 0.4) is 0 Å². The van der Waals surface area contributed by atoms with Crippen LogP contribution in [0.15, 0.2) is 58.1 Å². The smallest absolute Gasteiger partial charge is 0.261 e. The van der Waals surface area contributed by atoms with Gasteiger partial charge in [0.05, 0.1) is 34.1 Å². The normalized spacial score (nSPS) is 15.8. The van der Waals surface area contributed by atoms with Crippen molar-refractivity contribution in [3.8, 4) is 5.75 Å². The summed E-state index contributed by atoms with van der Waals surface area (Å²) in [4.78, 5) is 28.3. The highest BCUT2D eigenvalue weighted by Gasteiger charge is 2.45. The minimum Gasteiger partial charge on any atom is -0.496 e. The quantitative estimate of drug-likeness (QED) is 0.673. The van der Waals surface area contributed by atoms with E-state index in [4.69, 9.17) is 4.74 Å². The third-order valence-electron chi connectivity index (χ3n) is 5.43. The first kappa shape index (κ1) is 20.4. The molecular weight excluding hydrogens is 444 g/mol. The summed E-state index contributed by atoms with van der Waals surface area (Å²) in [5.74, 6) is 0.316. The molecule has 5 nitrogen and oxygen atoms in total. The topological polar surface area (TPSA) is 58.6 Å². The zero-order chi connectivity index (χ0) is 21.4. The van der Waals surface area contributed by atoms with Crippen molar-refractivity contribution in [2.24, 2.45) is 0 Å². The zero-order valence-corrected chi connectivity index (χ0v) is 18.8. The number of halogens is 1. The Labute approximate surface area is 184 Å². The van der Waals surface area contributed by atoms with Gasteiger partial charge >= 0.3 is 0 Å². The molecule has 6 heteroatoms. The number of carbonyl (C=O) groups excluding carboxylic acids is 2. The number of nitrogens with one attached hydrogen (secondary N) is 1. The number of carbonyl (C=O) groups is 2. The highest BCUT2D eigenvalue weighted by Crippen LogP contribution is 2.43. The minimum absolute atomic E-state index is 0.130. The second-order valence-electron chi connectivity index (χ2n) is 7.45. The Morgan fingerprint density at radius 3 is 2.37 bits per heavy atom. The summed E-state index contributed by atoms with van der Waals surface area (Å²) in [6.07, 6.45) is 1.83. The van der Waals surface area contributed by atoms with E-state index < -0.39 is 0 Å². The molecule has 30 heavy (non-hydrogen) atoms. The van der Waals surface area contributed by atoms with Crippen molar-refractivity contribution in [2.75, 3.05) is 13.7 Å². The molecule has 0 fully saturated rings. The van der Waals surface area contributed by atoms with Crippen LogP contribution >= 0.6 is 15.9 Å². The highest BCUT2D eigenvalue weighted by atomic mass is 79.9. The molecule has 2 aromatic rings. The maximum atomic E-state index is 13.5. The zero-order valence-electron chi connectivity index (χ0n) is 17.2. The average molecular weight is 467 g/mol. The van der Waals surface area contributed by atoms with Gasteiger partial charge < -0.3 is 15.0 Å². The SMILES string of the molecule is CCCCN1C(=O)C2=C(c3ccc(OC)c(Br)c3)NC(=O)C2=C1c1ccc(C)cc1. The molecule has 2 amide bonds. The first-order valence-electron chi connectivity index (χ1n) is 9.99. The number of benzene rings is 2. The molecule has 1 N–H and O–H groups in total. The lowest BCUT2D eigenvalue weighted by atomic mass is 10.0. The molecule has 0 spiro atoms. The molecular formula is C24H23BrN2O3. The molecule has 2 aliphatic rings. The van der Waals surface area contributed by atoms with E-state index in [0.717, 1.165) is 34.0 Å². The first-order chi connectivity index (χ1) is 14.5. The fourth-order valence-electron chi connectivity index (χ4n) is 3.87. The molecule has 0 unspecified atom stereocenters. The van der Waals surface area contributed by atoms with Crippen LogP contribution in [0.4, 0.5) is 0 Å². The van der Waals surface area contributed by atoms with Gasteiger partial charge in [0.15, 0.2) is 0 Å². The number of nitrogens with zero attached hydrogens (tertiary/aromatic N) is 1. The van der Waals surface area contributed by atoms with Gasteiger partial charge in [0, 0.05) is 12.1 Å². The fraction of sp³-hybridized carbons (Fsp3) is 0.250. The lowest BCUT2D eigenvalue weighted by molar-refractivity contribution is -0.123. The van der Waals surface area contributed by atoms with Crippen LogP contribution in [-0.4, -0.2) is 30.4 Å².